The van der Waals surface area contributed by atoms with Crippen molar-refractivity contribution in [2.75, 3.05) is 6.61 Å². The molecule has 0 aromatic rings. The van der Waals surface area contributed by atoms with Gasteiger partial charge in [-0.15, -0.1) is 0 Å². The Bertz CT molecular complexity index is 325. The van der Waals surface area contributed by atoms with Crippen LogP contribution in [0.2, 0.25) is 0 Å². The van der Waals surface area contributed by atoms with Crippen LogP contribution in [-0.2, 0) is 9.53 Å². The van der Waals surface area contributed by atoms with E-state index in [-0.39, 0.29) is 5.78 Å². The Morgan fingerprint density at radius 2 is 2.36 bits per heavy atom. The Morgan fingerprint density at radius 3 is 3.07 bits per heavy atom. The van der Waals surface area contributed by atoms with Gasteiger partial charge in [-0.3, -0.25) is 4.79 Å². The average molecular weight is 194 g/mol. The molecule has 0 radical (unpaired) electrons. The molecule has 76 valence electrons. The van der Waals surface area contributed by atoms with Crippen LogP contribution < -0.4 is 0 Å². The summed E-state index contributed by atoms with van der Waals surface area (Å²) >= 11 is 0. The van der Waals surface area contributed by atoms with Gasteiger partial charge in [0.25, 0.3) is 0 Å². The van der Waals surface area contributed by atoms with E-state index in [2.05, 4.69) is 0 Å². The van der Waals surface area contributed by atoms with Gasteiger partial charge in [0.05, 0.1) is 6.61 Å². The maximum atomic E-state index is 11.6. The highest BCUT2D eigenvalue weighted by molar-refractivity contribution is 6.03. The molecule has 1 heterocycles. The lowest BCUT2D eigenvalue weighted by atomic mass is 9.98. The Morgan fingerprint density at radius 1 is 1.57 bits per heavy atom. The van der Waals surface area contributed by atoms with E-state index in [4.69, 9.17) is 4.74 Å². The summed E-state index contributed by atoms with van der Waals surface area (Å²) in [5.41, 5.74) is 2.47. The Kier molecular flexibility index (Phi) is 2.52. The minimum atomic E-state index is -0.856. The summed E-state index contributed by atoms with van der Waals surface area (Å²) in [7, 11) is 0. The van der Waals surface area contributed by atoms with Gasteiger partial charge in [0.1, 0.15) is 0 Å². The summed E-state index contributed by atoms with van der Waals surface area (Å²) in [5, 5.41) is 9.52. The monoisotopic (exact) mass is 194 g/mol. The molecule has 1 atom stereocenters. The van der Waals surface area contributed by atoms with Crippen molar-refractivity contribution in [1.82, 2.24) is 0 Å². The number of rotatable bonds is 1. The van der Waals surface area contributed by atoms with Gasteiger partial charge in [0, 0.05) is 12.0 Å². The van der Waals surface area contributed by atoms with Crippen LogP contribution in [0.5, 0.6) is 0 Å². The molecule has 0 amide bonds. The van der Waals surface area contributed by atoms with Crippen molar-refractivity contribution >= 4 is 5.78 Å². The zero-order valence-corrected chi connectivity index (χ0v) is 8.25. The standard InChI is InChI=1S/C11H14O3/c1-2-3-7-6-14-11(13)8-4-5-9(12)10(7)8/h3,11,13H,2,4-6H2,1H3/b7-3-/t11-/m0/s1. The minimum absolute atomic E-state index is 0.155. The van der Waals surface area contributed by atoms with Crippen molar-refractivity contribution in [1.29, 1.82) is 0 Å². The third kappa shape index (κ3) is 1.42. The summed E-state index contributed by atoms with van der Waals surface area (Å²) < 4.78 is 5.18. The van der Waals surface area contributed by atoms with Crippen LogP contribution in [0.25, 0.3) is 0 Å². The van der Waals surface area contributed by atoms with Crippen molar-refractivity contribution in [3.63, 3.8) is 0 Å². The van der Waals surface area contributed by atoms with Crippen LogP contribution >= 0.6 is 0 Å². The molecule has 0 fully saturated rings. The lowest BCUT2D eigenvalue weighted by Crippen LogP contribution is -2.23. The fraction of sp³-hybridized carbons (Fsp3) is 0.545. The maximum absolute atomic E-state index is 11.6. The van der Waals surface area contributed by atoms with Crippen LogP contribution in [0.15, 0.2) is 22.8 Å². The van der Waals surface area contributed by atoms with E-state index < -0.39 is 6.29 Å². The number of ether oxygens (including phenoxy) is 1. The van der Waals surface area contributed by atoms with Crippen molar-refractivity contribution in [3.05, 3.63) is 22.8 Å². The minimum Gasteiger partial charge on any atom is -0.364 e. The number of aliphatic hydroxyl groups is 1. The van der Waals surface area contributed by atoms with Gasteiger partial charge < -0.3 is 9.84 Å². The van der Waals surface area contributed by atoms with Gasteiger partial charge in [0.2, 0.25) is 0 Å². The molecule has 0 unspecified atom stereocenters. The first kappa shape index (κ1) is 9.62. The SMILES string of the molecule is CC/C=C1/CO[C@H](O)C2=C1C(=O)CC2. The van der Waals surface area contributed by atoms with E-state index >= 15 is 0 Å². The number of carbonyl (C=O) groups excluding carboxylic acids is 1. The van der Waals surface area contributed by atoms with Crippen molar-refractivity contribution < 1.29 is 14.6 Å². The second-order valence-corrected chi connectivity index (χ2v) is 3.62. The van der Waals surface area contributed by atoms with E-state index in [0.29, 0.717) is 19.4 Å². The molecule has 3 heteroatoms. The van der Waals surface area contributed by atoms with Crippen molar-refractivity contribution in [2.45, 2.75) is 32.5 Å². The number of allylic oxidation sites excluding steroid dienone is 1. The predicted molar refractivity (Wildman–Crippen MR) is 51.6 cm³/mol. The molecule has 0 aromatic carbocycles. The molecule has 3 nitrogen and oxygen atoms in total. The molecule has 1 N–H and O–H groups in total. The van der Waals surface area contributed by atoms with Gasteiger partial charge >= 0.3 is 0 Å². The normalized spacial score (nSPS) is 30.0. The zero-order chi connectivity index (χ0) is 10.1. The molecule has 0 saturated carbocycles. The van der Waals surface area contributed by atoms with Crippen LogP contribution in [0.1, 0.15) is 26.2 Å². The lowest BCUT2D eigenvalue weighted by Gasteiger charge is -2.22. The number of hydrogen-bond acceptors (Lipinski definition) is 3. The Balaban J connectivity index is 2.41. The third-order valence-corrected chi connectivity index (χ3v) is 2.69. The second kappa shape index (κ2) is 3.67. The molecule has 2 aliphatic rings. The molecule has 14 heavy (non-hydrogen) atoms. The fourth-order valence-electron chi connectivity index (χ4n) is 2.06. The van der Waals surface area contributed by atoms with Gasteiger partial charge in [-0.1, -0.05) is 13.0 Å². The average Bonchev–Trinajstić information content (AvgIpc) is 2.55. The Labute approximate surface area is 83.1 Å². The summed E-state index contributed by atoms with van der Waals surface area (Å²) in [6.07, 6.45) is 3.21. The molecule has 1 aliphatic heterocycles. The highest BCUT2D eigenvalue weighted by atomic mass is 16.6. The number of hydrogen-bond donors (Lipinski definition) is 1. The van der Waals surface area contributed by atoms with Crippen molar-refractivity contribution in [3.8, 4) is 0 Å². The molecule has 1 aliphatic carbocycles. The van der Waals surface area contributed by atoms with E-state index in [0.717, 1.165) is 23.1 Å². The first-order valence-electron chi connectivity index (χ1n) is 4.99. The van der Waals surface area contributed by atoms with Gasteiger partial charge in [-0.25, -0.2) is 0 Å². The molecule has 0 spiro atoms. The van der Waals surface area contributed by atoms with Crippen LogP contribution in [0.4, 0.5) is 0 Å². The third-order valence-electron chi connectivity index (χ3n) is 2.69. The second-order valence-electron chi connectivity index (χ2n) is 3.62. The predicted octanol–water partition coefficient (Wildman–Crippen LogP) is 1.33. The maximum Gasteiger partial charge on any atom is 0.178 e. The fourth-order valence-corrected chi connectivity index (χ4v) is 2.06. The lowest BCUT2D eigenvalue weighted by molar-refractivity contribution is -0.115. The van der Waals surface area contributed by atoms with E-state index in [1.807, 2.05) is 13.0 Å². The number of carbonyl (C=O) groups is 1. The van der Waals surface area contributed by atoms with Gasteiger partial charge in [0.15, 0.2) is 12.1 Å². The molecule has 0 saturated heterocycles. The summed E-state index contributed by atoms with van der Waals surface area (Å²) in [6, 6.07) is 0. The first-order chi connectivity index (χ1) is 6.74. The van der Waals surface area contributed by atoms with Crippen LogP contribution in [0, 0.1) is 0 Å². The van der Waals surface area contributed by atoms with E-state index in [1.165, 1.54) is 0 Å². The summed E-state index contributed by atoms with van der Waals surface area (Å²) in [4.78, 5) is 11.6. The molecule has 2 rings (SSSR count). The van der Waals surface area contributed by atoms with Crippen LogP contribution in [-0.4, -0.2) is 23.8 Å². The van der Waals surface area contributed by atoms with Crippen molar-refractivity contribution in [2.24, 2.45) is 0 Å². The summed E-state index contributed by atoms with van der Waals surface area (Å²) in [6.45, 7) is 2.39. The highest BCUT2D eigenvalue weighted by Gasteiger charge is 2.33. The van der Waals surface area contributed by atoms with Gasteiger partial charge in [-0.05, 0) is 24.0 Å². The number of Topliss-reactive ketones (excluding diaryl/α,β-unsaturated/α-hetero) is 1. The van der Waals surface area contributed by atoms with E-state index in [1.54, 1.807) is 0 Å². The number of aliphatic hydroxyl groups excluding tert-OH is 1. The molecule has 0 aromatic heterocycles. The topological polar surface area (TPSA) is 46.5 Å². The molecule has 0 bridgehead atoms. The number of ketones is 1. The van der Waals surface area contributed by atoms with E-state index in [9.17, 15) is 9.90 Å². The van der Waals surface area contributed by atoms with Gasteiger partial charge in [-0.2, -0.15) is 0 Å². The smallest absolute Gasteiger partial charge is 0.178 e. The van der Waals surface area contributed by atoms with Crippen LogP contribution in [0.3, 0.4) is 0 Å². The zero-order valence-electron chi connectivity index (χ0n) is 8.25. The Hall–Kier alpha value is -0.930. The highest BCUT2D eigenvalue weighted by Crippen LogP contribution is 2.34. The molecular formula is C11H14O3. The largest absolute Gasteiger partial charge is 0.364 e. The first-order valence-corrected chi connectivity index (χ1v) is 4.99. The molecular weight excluding hydrogens is 180 g/mol. The quantitative estimate of drug-likeness (QED) is 0.685. The summed E-state index contributed by atoms with van der Waals surface area (Å²) in [5.74, 6) is 0.155.